The third kappa shape index (κ3) is 4.39. The van der Waals surface area contributed by atoms with Gasteiger partial charge in [0.25, 0.3) is 0 Å². The van der Waals surface area contributed by atoms with Crippen LogP contribution in [0.15, 0.2) is 35.7 Å². The van der Waals surface area contributed by atoms with Gasteiger partial charge in [0.2, 0.25) is 0 Å². The van der Waals surface area contributed by atoms with Crippen LogP contribution in [0, 0.1) is 0 Å². The van der Waals surface area contributed by atoms with Crippen LogP contribution in [0.3, 0.4) is 0 Å². The Morgan fingerprint density at radius 3 is 2.67 bits per heavy atom. The molecule has 0 radical (unpaired) electrons. The van der Waals surface area contributed by atoms with Crippen LogP contribution in [0.25, 0.3) is 11.3 Å². The first kappa shape index (κ1) is 15.2. The molecule has 0 atom stereocenters. The monoisotopic (exact) mass is 303 g/mol. The average molecular weight is 303 g/mol. The molecule has 5 nitrogen and oxygen atoms in total. The fraction of sp³-hybridized carbons (Fsp3) is 0.267. The van der Waals surface area contributed by atoms with Gasteiger partial charge in [-0.2, -0.15) is 0 Å². The lowest BCUT2D eigenvalue weighted by Crippen LogP contribution is -2.35. The van der Waals surface area contributed by atoms with E-state index in [0.29, 0.717) is 11.7 Å². The highest BCUT2D eigenvalue weighted by molar-refractivity contribution is 7.14. The van der Waals surface area contributed by atoms with E-state index < -0.39 is 11.8 Å². The van der Waals surface area contributed by atoms with Crippen molar-refractivity contribution in [2.24, 2.45) is 0 Å². The number of unbranched alkanes of at least 4 members (excludes halogenated alkanes) is 1. The maximum absolute atomic E-state index is 11.7. The SMILES string of the molecule is CCCCNC(=O)C(=O)Nc1nc(-c2ccccc2)cs1. The number of benzene rings is 1. The van der Waals surface area contributed by atoms with Crippen molar-refractivity contribution >= 4 is 28.3 Å². The molecular formula is C15H17N3O2S. The van der Waals surface area contributed by atoms with Crippen LogP contribution in [0.4, 0.5) is 5.13 Å². The average Bonchev–Trinajstić information content (AvgIpc) is 2.97. The summed E-state index contributed by atoms with van der Waals surface area (Å²) in [5.41, 5.74) is 1.75. The Kier molecular flexibility index (Phi) is 5.45. The maximum atomic E-state index is 11.7. The van der Waals surface area contributed by atoms with E-state index in [-0.39, 0.29) is 0 Å². The van der Waals surface area contributed by atoms with Crippen LogP contribution >= 0.6 is 11.3 Å². The molecule has 1 aromatic carbocycles. The van der Waals surface area contributed by atoms with E-state index in [9.17, 15) is 9.59 Å². The minimum atomic E-state index is -0.680. The summed E-state index contributed by atoms with van der Waals surface area (Å²) in [5.74, 6) is -1.31. The summed E-state index contributed by atoms with van der Waals surface area (Å²) in [6.07, 6.45) is 1.82. The van der Waals surface area contributed by atoms with E-state index in [1.54, 1.807) is 0 Å². The number of carbonyl (C=O) groups excluding carboxylic acids is 2. The van der Waals surface area contributed by atoms with E-state index in [2.05, 4.69) is 15.6 Å². The molecule has 2 N–H and O–H groups in total. The van der Waals surface area contributed by atoms with Crippen LogP contribution in [0.5, 0.6) is 0 Å². The second kappa shape index (κ2) is 7.54. The molecule has 0 aliphatic rings. The van der Waals surface area contributed by atoms with Crippen molar-refractivity contribution in [2.75, 3.05) is 11.9 Å². The molecule has 110 valence electrons. The molecule has 2 rings (SSSR count). The first-order valence-electron chi connectivity index (χ1n) is 6.81. The summed E-state index contributed by atoms with van der Waals surface area (Å²) >= 11 is 1.30. The lowest BCUT2D eigenvalue weighted by Gasteiger charge is -2.03. The first-order valence-corrected chi connectivity index (χ1v) is 7.68. The quantitative estimate of drug-likeness (QED) is 0.659. The zero-order valence-electron chi connectivity index (χ0n) is 11.8. The van der Waals surface area contributed by atoms with Crippen molar-refractivity contribution in [1.29, 1.82) is 0 Å². The molecule has 21 heavy (non-hydrogen) atoms. The second-order valence-corrected chi connectivity index (χ2v) is 5.33. The van der Waals surface area contributed by atoms with Crippen molar-refractivity contribution in [1.82, 2.24) is 10.3 Å². The molecule has 0 fully saturated rings. The lowest BCUT2D eigenvalue weighted by atomic mass is 10.2. The molecule has 0 unspecified atom stereocenters. The Morgan fingerprint density at radius 2 is 1.95 bits per heavy atom. The van der Waals surface area contributed by atoms with Gasteiger partial charge in [0, 0.05) is 17.5 Å². The van der Waals surface area contributed by atoms with Crippen molar-refractivity contribution < 1.29 is 9.59 Å². The van der Waals surface area contributed by atoms with Crippen molar-refractivity contribution in [3.8, 4) is 11.3 Å². The van der Waals surface area contributed by atoms with Crippen LogP contribution in [0.2, 0.25) is 0 Å². The van der Waals surface area contributed by atoms with Crippen molar-refractivity contribution in [3.05, 3.63) is 35.7 Å². The lowest BCUT2D eigenvalue weighted by molar-refractivity contribution is -0.136. The summed E-state index contributed by atoms with van der Waals surface area (Å²) < 4.78 is 0. The minimum Gasteiger partial charge on any atom is -0.348 e. The molecule has 0 bridgehead atoms. The molecule has 6 heteroatoms. The van der Waals surface area contributed by atoms with Crippen LogP contribution in [-0.4, -0.2) is 23.3 Å². The highest BCUT2D eigenvalue weighted by atomic mass is 32.1. The number of hydrogen-bond acceptors (Lipinski definition) is 4. The number of nitrogens with one attached hydrogen (secondary N) is 2. The van der Waals surface area contributed by atoms with Gasteiger partial charge in [-0.3, -0.25) is 14.9 Å². The van der Waals surface area contributed by atoms with Crippen LogP contribution in [0.1, 0.15) is 19.8 Å². The van der Waals surface area contributed by atoms with Crippen LogP contribution in [-0.2, 0) is 9.59 Å². The van der Waals surface area contributed by atoms with E-state index >= 15 is 0 Å². The third-order valence-electron chi connectivity index (χ3n) is 2.82. The van der Waals surface area contributed by atoms with E-state index in [1.165, 1.54) is 11.3 Å². The van der Waals surface area contributed by atoms with Gasteiger partial charge in [-0.25, -0.2) is 4.98 Å². The number of amides is 2. The number of hydrogen-bond donors (Lipinski definition) is 2. The Labute approximate surface area is 127 Å². The first-order chi connectivity index (χ1) is 10.2. The molecule has 2 aromatic rings. The van der Waals surface area contributed by atoms with Gasteiger partial charge in [0.15, 0.2) is 5.13 Å². The Morgan fingerprint density at radius 1 is 1.19 bits per heavy atom. The molecule has 0 saturated carbocycles. The topological polar surface area (TPSA) is 71.1 Å². The molecule has 1 heterocycles. The highest BCUT2D eigenvalue weighted by Crippen LogP contribution is 2.24. The normalized spacial score (nSPS) is 10.1. The number of carbonyl (C=O) groups is 2. The van der Waals surface area contributed by atoms with Gasteiger partial charge in [-0.1, -0.05) is 43.7 Å². The number of anilines is 1. The van der Waals surface area contributed by atoms with Gasteiger partial charge in [0.1, 0.15) is 0 Å². The van der Waals surface area contributed by atoms with E-state index in [0.717, 1.165) is 24.1 Å². The fourth-order valence-corrected chi connectivity index (χ4v) is 2.40. The minimum absolute atomic E-state index is 0.421. The van der Waals surface area contributed by atoms with Crippen molar-refractivity contribution in [2.45, 2.75) is 19.8 Å². The van der Waals surface area contributed by atoms with E-state index in [4.69, 9.17) is 0 Å². The summed E-state index contributed by atoms with van der Waals surface area (Å²) in [4.78, 5) is 27.6. The molecule has 0 aliphatic carbocycles. The second-order valence-electron chi connectivity index (χ2n) is 4.47. The largest absolute Gasteiger partial charge is 0.348 e. The Hall–Kier alpha value is -2.21. The Bertz CT molecular complexity index is 610. The molecule has 1 aromatic heterocycles. The summed E-state index contributed by atoms with van der Waals surface area (Å²) in [7, 11) is 0. The predicted octanol–water partition coefficient (Wildman–Crippen LogP) is 2.66. The fourth-order valence-electron chi connectivity index (χ4n) is 1.69. The van der Waals surface area contributed by atoms with Gasteiger partial charge in [0.05, 0.1) is 5.69 Å². The van der Waals surface area contributed by atoms with E-state index in [1.807, 2.05) is 42.6 Å². The maximum Gasteiger partial charge on any atom is 0.315 e. The van der Waals surface area contributed by atoms with Crippen molar-refractivity contribution in [3.63, 3.8) is 0 Å². The zero-order valence-corrected chi connectivity index (χ0v) is 12.6. The molecular weight excluding hydrogens is 286 g/mol. The smallest absolute Gasteiger partial charge is 0.315 e. The van der Waals surface area contributed by atoms with Gasteiger partial charge < -0.3 is 5.32 Å². The number of nitrogens with zero attached hydrogens (tertiary/aromatic N) is 1. The molecule has 0 spiro atoms. The van der Waals surface area contributed by atoms with Crippen LogP contribution < -0.4 is 10.6 Å². The molecule has 2 amide bonds. The predicted molar refractivity (Wildman–Crippen MR) is 84.1 cm³/mol. The highest BCUT2D eigenvalue weighted by Gasteiger charge is 2.15. The number of thiazole rings is 1. The number of aromatic nitrogens is 1. The third-order valence-corrected chi connectivity index (χ3v) is 3.57. The van der Waals surface area contributed by atoms with Gasteiger partial charge in [-0.15, -0.1) is 11.3 Å². The van der Waals surface area contributed by atoms with Gasteiger partial charge in [-0.05, 0) is 6.42 Å². The standard InChI is InChI=1S/C15H17N3O2S/c1-2-3-9-16-13(19)14(20)18-15-17-12(10-21-15)11-7-5-4-6-8-11/h4-8,10H,2-3,9H2,1H3,(H,16,19)(H,17,18,20). The Balaban J connectivity index is 1.93. The summed E-state index contributed by atoms with van der Waals surface area (Å²) in [6.45, 7) is 2.53. The molecule has 0 saturated heterocycles. The molecule has 0 aliphatic heterocycles. The summed E-state index contributed by atoms with van der Waals surface area (Å²) in [5, 5.41) is 7.35. The zero-order chi connectivity index (χ0) is 15.1. The number of rotatable bonds is 5. The summed E-state index contributed by atoms with van der Waals surface area (Å²) in [6, 6.07) is 9.66. The van der Waals surface area contributed by atoms with Gasteiger partial charge >= 0.3 is 11.8 Å².